The molecule has 1 aromatic rings. The molecule has 7 heteroatoms. The summed E-state index contributed by atoms with van der Waals surface area (Å²) in [6, 6.07) is 4.07. The molecule has 0 fully saturated rings. The molecule has 0 aliphatic carbocycles. The van der Waals surface area contributed by atoms with Crippen molar-refractivity contribution < 1.29 is 14.8 Å². The molecule has 0 atom stereocenters. The molecule has 0 aliphatic heterocycles. The predicted molar refractivity (Wildman–Crippen MR) is 66.7 cm³/mol. The van der Waals surface area contributed by atoms with Crippen LogP contribution >= 0.6 is 0 Å². The van der Waals surface area contributed by atoms with Crippen molar-refractivity contribution in [3.8, 4) is 0 Å². The van der Waals surface area contributed by atoms with Gasteiger partial charge in [-0.2, -0.15) is 0 Å². The molecule has 0 unspecified atom stereocenters. The van der Waals surface area contributed by atoms with Crippen molar-refractivity contribution >= 4 is 17.3 Å². The van der Waals surface area contributed by atoms with E-state index in [0.29, 0.717) is 12.1 Å². The van der Waals surface area contributed by atoms with E-state index in [9.17, 15) is 14.9 Å². The predicted octanol–water partition coefficient (Wildman–Crippen LogP) is 0.749. The van der Waals surface area contributed by atoms with E-state index in [1.165, 1.54) is 18.2 Å². The summed E-state index contributed by atoms with van der Waals surface area (Å²) < 4.78 is 0. The first-order chi connectivity index (χ1) is 8.60. The van der Waals surface area contributed by atoms with Gasteiger partial charge in [0.05, 0.1) is 11.5 Å². The highest BCUT2D eigenvalue weighted by molar-refractivity contribution is 5.95. The molecule has 0 radical (unpaired) electrons. The van der Waals surface area contributed by atoms with Gasteiger partial charge in [-0.25, -0.2) is 0 Å². The molecule has 3 N–H and O–H groups in total. The third-order valence-corrected chi connectivity index (χ3v) is 2.22. The fourth-order valence-electron chi connectivity index (χ4n) is 1.43. The van der Waals surface area contributed by atoms with Crippen LogP contribution in [0.3, 0.4) is 0 Å². The molecular formula is C11H15N3O4. The summed E-state index contributed by atoms with van der Waals surface area (Å²) in [6.45, 7) is 2.30. The van der Waals surface area contributed by atoms with Crippen molar-refractivity contribution in [3.05, 3.63) is 33.9 Å². The number of nitrogens with one attached hydrogen (secondary N) is 2. The molecule has 0 saturated heterocycles. The van der Waals surface area contributed by atoms with Crippen LogP contribution in [0.4, 0.5) is 11.4 Å². The number of benzene rings is 1. The second-order valence-electron chi connectivity index (χ2n) is 3.50. The molecule has 0 saturated carbocycles. The summed E-state index contributed by atoms with van der Waals surface area (Å²) in [5, 5.41) is 24.8. The van der Waals surface area contributed by atoms with E-state index in [1.807, 2.05) is 0 Å². The number of amides is 1. The second kappa shape index (κ2) is 6.55. The molecule has 18 heavy (non-hydrogen) atoms. The van der Waals surface area contributed by atoms with Crippen LogP contribution in [0.2, 0.25) is 0 Å². The van der Waals surface area contributed by atoms with Crippen molar-refractivity contribution in [2.24, 2.45) is 0 Å². The third kappa shape index (κ3) is 3.42. The summed E-state index contributed by atoms with van der Waals surface area (Å²) in [5.41, 5.74) is 0.428. The average Bonchev–Trinajstić information content (AvgIpc) is 2.36. The Bertz CT molecular complexity index is 448. The van der Waals surface area contributed by atoms with Crippen molar-refractivity contribution in [2.45, 2.75) is 6.92 Å². The van der Waals surface area contributed by atoms with Crippen LogP contribution < -0.4 is 10.6 Å². The van der Waals surface area contributed by atoms with Crippen LogP contribution in [0.1, 0.15) is 17.3 Å². The highest BCUT2D eigenvalue weighted by atomic mass is 16.6. The van der Waals surface area contributed by atoms with Gasteiger partial charge >= 0.3 is 0 Å². The average molecular weight is 253 g/mol. The SMILES string of the molecule is CCNC(=O)c1ccc([N+](=O)[O-])c(NCCO)c1. The van der Waals surface area contributed by atoms with Gasteiger partial charge in [0, 0.05) is 24.7 Å². The van der Waals surface area contributed by atoms with E-state index < -0.39 is 4.92 Å². The molecule has 7 nitrogen and oxygen atoms in total. The molecule has 1 aromatic carbocycles. The lowest BCUT2D eigenvalue weighted by molar-refractivity contribution is -0.384. The van der Waals surface area contributed by atoms with Gasteiger partial charge < -0.3 is 15.7 Å². The van der Waals surface area contributed by atoms with Crippen molar-refractivity contribution in [1.82, 2.24) is 5.32 Å². The van der Waals surface area contributed by atoms with Crippen LogP contribution in [-0.2, 0) is 0 Å². The molecule has 0 heterocycles. The number of nitrogens with zero attached hydrogens (tertiary/aromatic N) is 1. The van der Waals surface area contributed by atoms with E-state index in [-0.39, 0.29) is 30.4 Å². The fourth-order valence-corrected chi connectivity index (χ4v) is 1.43. The van der Waals surface area contributed by atoms with Crippen molar-refractivity contribution in [3.63, 3.8) is 0 Å². The largest absolute Gasteiger partial charge is 0.395 e. The van der Waals surface area contributed by atoms with Gasteiger partial charge in [0.25, 0.3) is 11.6 Å². The zero-order chi connectivity index (χ0) is 13.5. The number of hydrogen-bond donors (Lipinski definition) is 3. The van der Waals surface area contributed by atoms with Gasteiger partial charge in [-0.3, -0.25) is 14.9 Å². The molecule has 0 aromatic heterocycles. The van der Waals surface area contributed by atoms with Gasteiger partial charge in [0.15, 0.2) is 0 Å². The molecule has 1 amide bonds. The van der Waals surface area contributed by atoms with Crippen molar-refractivity contribution in [1.29, 1.82) is 0 Å². The minimum Gasteiger partial charge on any atom is -0.395 e. The normalized spacial score (nSPS) is 9.89. The quantitative estimate of drug-likeness (QED) is 0.512. The Balaban J connectivity index is 3.04. The second-order valence-corrected chi connectivity index (χ2v) is 3.50. The minimum atomic E-state index is -0.540. The Morgan fingerprint density at radius 1 is 1.50 bits per heavy atom. The smallest absolute Gasteiger partial charge is 0.292 e. The zero-order valence-corrected chi connectivity index (χ0v) is 9.97. The summed E-state index contributed by atoms with van der Waals surface area (Å²) in [7, 11) is 0. The number of aliphatic hydroxyl groups is 1. The minimum absolute atomic E-state index is 0.128. The van der Waals surface area contributed by atoms with Crippen LogP contribution in [-0.4, -0.2) is 35.6 Å². The standard InChI is InChI=1S/C11H15N3O4/c1-2-12-11(16)8-3-4-10(14(17)18)9(7-8)13-5-6-15/h3-4,7,13,15H,2,5-6H2,1H3,(H,12,16). The topological polar surface area (TPSA) is 104 Å². The molecule has 1 rings (SSSR count). The van der Waals surface area contributed by atoms with Crippen LogP contribution in [0.5, 0.6) is 0 Å². The Morgan fingerprint density at radius 2 is 2.22 bits per heavy atom. The van der Waals surface area contributed by atoms with E-state index in [2.05, 4.69) is 10.6 Å². The number of anilines is 1. The van der Waals surface area contributed by atoms with Gasteiger partial charge in [-0.1, -0.05) is 0 Å². The summed E-state index contributed by atoms with van der Waals surface area (Å²) in [5.74, 6) is -0.292. The number of aliphatic hydroxyl groups excluding tert-OH is 1. The fraction of sp³-hybridized carbons (Fsp3) is 0.364. The number of rotatable bonds is 6. The highest BCUT2D eigenvalue weighted by Gasteiger charge is 2.16. The van der Waals surface area contributed by atoms with Gasteiger partial charge in [-0.05, 0) is 19.1 Å². The first kappa shape index (κ1) is 13.9. The summed E-state index contributed by atoms with van der Waals surface area (Å²) in [6.07, 6.45) is 0. The number of carbonyl (C=O) groups is 1. The van der Waals surface area contributed by atoms with E-state index in [4.69, 9.17) is 5.11 Å². The lowest BCUT2D eigenvalue weighted by Crippen LogP contribution is -2.22. The first-order valence-electron chi connectivity index (χ1n) is 5.51. The zero-order valence-electron chi connectivity index (χ0n) is 9.97. The lowest BCUT2D eigenvalue weighted by atomic mass is 10.1. The van der Waals surface area contributed by atoms with E-state index >= 15 is 0 Å². The van der Waals surface area contributed by atoms with Crippen molar-refractivity contribution in [2.75, 3.05) is 25.0 Å². The maximum atomic E-state index is 11.6. The van der Waals surface area contributed by atoms with Gasteiger partial charge in [0.1, 0.15) is 5.69 Å². The molecule has 0 aliphatic rings. The molecule has 0 spiro atoms. The number of nitro groups is 1. The molecular weight excluding hydrogens is 238 g/mol. The highest BCUT2D eigenvalue weighted by Crippen LogP contribution is 2.25. The summed E-state index contributed by atoms with van der Waals surface area (Å²) >= 11 is 0. The maximum absolute atomic E-state index is 11.6. The first-order valence-corrected chi connectivity index (χ1v) is 5.51. The van der Waals surface area contributed by atoms with E-state index in [1.54, 1.807) is 6.92 Å². The van der Waals surface area contributed by atoms with Crippen LogP contribution in [0, 0.1) is 10.1 Å². The van der Waals surface area contributed by atoms with Gasteiger partial charge in [0.2, 0.25) is 0 Å². The maximum Gasteiger partial charge on any atom is 0.292 e. The van der Waals surface area contributed by atoms with Crippen LogP contribution in [0.25, 0.3) is 0 Å². The van der Waals surface area contributed by atoms with Gasteiger partial charge in [-0.15, -0.1) is 0 Å². The Kier molecular flexibility index (Phi) is 5.06. The molecule has 98 valence electrons. The lowest BCUT2D eigenvalue weighted by Gasteiger charge is -2.08. The monoisotopic (exact) mass is 253 g/mol. The number of nitro benzene ring substituents is 1. The Hall–Kier alpha value is -2.15. The Morgan fingerprint density at radius 3 is 2.78 bits per heavy atom. The number of hydrogen-bond acceptors (Lipinski definition) is 5. The summed E-state index contributed by atoms with van der Waals surface area (Å²) in [4.78, 5) is 21.8. The third-order valence-electron chi connectivity index (χ3n) is 2.22. The number of carbonyl (C=O) groups excluding carboxylic acids is 1. The van der Waals surface area contributed by atoms with E-state index in [0.717, 1.165) is 0 Å². The van der Waals surface area contributed by atoms with Crippen LogP contribution in [0.15, 0.2) is 18.2 Å². The molecule has 0 bridgehead atoms. The Labute approximate surface area is 104 Å².